The molecule has 4 amide bonds. The third kappa shape index (κ3) is 2.41. The van der Waals surface area contributed by atoms with Gasteiger partial charge in [0.25, 0.3) is 5.91 Å². The van der Waals surface area contributed by atoms with Gasteiger partial charge in [-0.3, -0.25) is 14.9 Å². The number of imidazole rings is 1. The van der Waals surface area contributed by atoms with E-state index >= 15 is 0 Å². The molecule has 0 saturated carbocycles. The van der Waals surface area contributed by atoms with Crippen LogP contribution in [-0.2, 0) is 35.4 Å². The van der Waals surface area contributed by atoms with Gasteiger partial charge in [-0.25, -0.2) is 9.78 Å². The molecule has 4 aromatic rings. The van der Waals surface area contributed by atoms with Gasteiger partial charge in [0.05, 0.1) is 35.2 Å². The van der Waals surface area contributed by atoms with E-state index in [9.17, 15) is 14.4 Å². The largest absolute Gasteiger partial charge is 0.340 e. The number of urea groups is 1. The molecule has 1 saturated heterocycles. The lowest BCUT2D eigenvalue weighted by Crippen LogP contribution is -2.48. The minimum absolute atomic E-state index is 0.00654. The zero-order chi connectivity index (χ0) is 22.5. The number of carbonyl (C=O) groups excluding carboxylic acids is 3. The monoisotopic (exact) mass is 440 g/mol. The summed E-state index contributed by atoms with van der Waals surface area (Å²) in [4.78, 5) is 46.3. The number of fused-ring (bicyclic) bond motifs is 2. The van der Waals surface area contributed by atoms with E-state index in [1.807, 2.05) is 30.5 Å². The van der Waals surface area contributed by atoms with Crippen LogP contribution in [0, 0.1) is 0 Å². The van der Waals surface area contributed by atoms with Crippen LogP contribution in [0.15, 0.2) is 36.5 Å². The Kier molecular flexibility index (Phi) is 3.35. The molecule has 1 fully saturated rings. The van der Waals surface area contributed by atoms with Crippen molar-refractivity contribution < 1.29 is 14.4 Å². The summed E-state index contributed by atoms with van der Waals surface area (Å²) in [6.07, 6.45) is 3.34. The van der Waals surface area contributed by atoms with Gasteiger partial charge >= 0.3 is 6.03 Å². The standard InChI is InChI=1S/C24H20N6O3/c1-29-23(33)28-22(32)24(29)8-13-5-15-16(6-14(13)9-24)26-19(25-15)11-30-10-17-21-12(7-20(31)27-17)3-2-4-18(21)30/h2-6,10H,7-9,11H2,1H3,(H,25,26)(H,27,31)(H,28,32,33). The maximum Gasteiger partial charge on any atom is 0.324 e. The molecule has 9 heteroatoms. The summed E-state index contributed by atoms with van der Waals surface area (Å²) in [7, 11) is 1.68. The number of nitrogens with zero attached hydrogens (tertiary/aromatic N) is 3. The number of imide groups is 1. The number of aromatic nitrogens is 3. The smallest absolute Gasteiger partial charge is 0.324 e. The molecule has 9 nitrogen and oxygen atoms in total. The third-order valence-electron chi connectivity index (χ3n) is 7.35. The average Bonchev–Trinajstić information content (AvgIpc) is 3.49. The normalized spacial score (nSPS) is 18.5. The lowest BCUT2D eigenvalue weighted by molar-refractivity contribution is -0.125. The summed E-state index contributed by atoms with van der Waals surface area (Å²) in [5.41, 5.74) is 5.95. The molecular formula is C24H20N6O3. The molecule has 2 aromatic heterocycles. The number of aromatic amines is 1. The minimum atomic E-state index is -0.837. The first-order valence-corrected chi connectivity index (χ1v) is 10.9. The van der Waals surface area contributed by atoms with Crippen molar-refractivity contribution in [2.24, 2.45) is 0 Å². The summed E-state index contributed by atoms with van der Waals surface area (Å²) >= 11 is 0. The van der Waals surface area contributed by atoms with Crippen LogP contribution in [0.1, 0.15) is 22.5 Å². The fourth-order valence-electron chi connectivity index (χ4n) is 5.66. The highest BCUT2D eigenvalue weighted by molar-refractivity contribution is 6.09. The van der Waals surface area contributed by atoms with Crippen molar-refractivity contribution >= 4 is 45.5 Å². The molecule has 2 aliphatic heterocycles. The number of nitrogens with one attached hydrogen (secondary N) is 3. The Morgan fingerprint density at radius 2 is 1.88 bits per heavy atom. The van der Waals surface area contributed by atoms with Crippen LogP contribution < -0.4 is 10.6 Å². The van der Waals surface area contributed by atoms with Crippen molar-refractivity contribution in [2.45, 2.75) is 31.3 Å². The second-order valence-electron chi connectivity index (χ2n) is 9.23. The number of rotatable bonds is 2. The zero-order valence-electron chi connectivity index (χ0n) is 17.9. The quantitative estimate of drug-likeness (QED) is 0.414. The van der Waals surface area contributed by atoms with Crippen LogP contribution in [0.4, 0.5) is 10.5 Å². The van der Waals surface area contributed by atoms with Crippen LogP contribution in [0.25, 0.3) is 21.9 Å². The van der Waals surface area contributed by atoms with Crippen LogP contribution >= 0.6 is 0 Å². The van der Waals surface area contributed by atoms with E-state index in [0.717, 1.165) is 50.1 Å². The first-order valence-electron chi connectivity index (χ1n) is 10.9. The van der Waals surface area contributed by atoms with Gasteiger partial charge in [0.1, 0.15) is 11.4 Å². The predicted molar refractivity (Wildman–Crippen MR) is 121 cm³/mol. The number of hydrogen-bond acceptors (Lipinski definition) is 4. The number of carbonyl (C=O) groups is 3. The highest BCUT2D eigenvalue weighted by atomic mass is 16.2. The highest BCUT2D eigenvalue weighted by Gasteiger charge is 2.54. The van der Waals surface area contributed by atoms with E-state index in [0.29, 0.717) is 25.8 Å². The first-order chi connectivity index (χ1) is 15.9. The molecule has 0 bridgehead atoms. The predicted octanol–water partition coefficient (Wildman–Crippen LogP) is 2.08. The first kappa shape index (κ1) is 18.4. The molecule has 2 aromatic carbocycles. The zero-order valence-corrected chi connectivity index (χ0v) is 17.9. The average molecular weight is 440 g/mol. The number of hydrogen-bond donors (Lipinski definition) is 3. The van der Waals surface area contributed by atoms with Gasteiger partial charge in [-0.2, -0.15) is 0 Å². The molecule has 1 atom stereocenters. The van der Waals surface area contributed by atoms with Crippen molar-refractivity contribution in [2.75, 3.05) is 12.4 Å². The Bertz CT molecular complexity index is 1520. The summed E-state index contributed by atoms with van der Waals surface area (Å²) < 4.78 is 2.10. The highest BCUT2D eigenvalue weighted by Crippen LogP contribution is 2.39. The number of anilines is 1. The maximum absolute atomic E-state index is 12.5. The molecule has 1 spiro atoms. The van der Waals surface area contributed by atoms with E-state index in [2.05, 4.69) is 26.3 Å². The molecule has 33 heavy (non-hydrogen) atoms. The number of likely N-dealkylation sites (N-methyl/N-ethyl adjacent to an activating group) is 1. The van der Waals surface area contributed by atoms with Crippen LogP contribution in [-0.4, -0.2) is 49.9 Å². The molecule has 4 heterocycles. The molecule has 1 unspecified atom stereocenters. The Morgan fingerprint density at radius 3 is 2.67 bits per heavy atom. The molecular weight excluding hydrogens is 420 g/mol. The van der Waals surface area contributed by atoms with Gasteiger partial charge in [-0.05, 0) is 34.9 Å². The SMILES string of the molecule is CN1C(=O)NC(=O)C12Cc1cc3nc(Cn4cc5c6c(cccc64)CC(=O)N5)[nH]c3cc1C2. The van der Waals surface area contributed by atoms with Gasteiger partial charge in [0, 0.05) is 31.5 Å². The topological polar surface area (TPSA) is 112 Å². The third-order valence-corrected chi connectivity index (χ3v) is 7.35. The Balaban J connectivity index is 1.24. The van der Waals surface area contributed by atoms with Gasteiger partial charge < -0.3 is 19.8 Å². The van der Waals surface area contributed by atoms with E-state index in [1.54, 1.807) is 7.05 Å². The number of benzene rings is 2. The number of H-pyrrole nitrogens is 1. The van der Waals surface area contributed by atoms with Gasteiger partial charge in [0.15, 0.2) is 0 Å². The van der Waals surface area contributed by atoms with Crippen LogP contribution in [0.2, 0.25) is 0 Å². The second-order valence-corrected chi connectivity index (χ2v) is 9.23. The Morgan fingerprint density at radius 1 is 1.06 bits per heavy atom. The summed E-state index contributed by atoms with van der Waals surface area (Å²) in [6.45, 7) is 0.540. The maximum atomic E-state index is 12.5. The number of amides is 4. The minimum Gasteiger partial charge on any atom is -0.340 e. The molecule has 7 rings (SSSR count). The Hall–Kier alpha value is -4.14. The van der Waals surface area contributed by atoms with Crippen LogP contribution in [0.5, 0.6) is 0 Å². The molecule has 1 aliphatic carbocycles. The van der Waals surface area contributed by atoms with Crippen molar-refractivity contribution in [3.63, 3.8) is 0 Å². The van der Waals surface area contributed by atoms with Crippen molar-refractivity contribution in [1.82, 2.24) is 24.8 Å². The Labute approximate surface area is 187 Å². The van der Waals surface area contributed by atoms with E-state index in [-0.39, 0.29) is 17.8 Å². The summed E-state index contributed by atoms with van der Waals surface area (Å²) in [6, 6.07) is 9.76. The van der Waals surface area contributed by atoms with Gasteiger partial charge in [-0.15, -0.1) is 0 Å². The lowest BCUT2D eigenvalue weighted by Gasteiger charge is -2.27. The van der Waals surface area contributed by atoms with Gasteiger partial charge in [0.2, 0.25) is 5.91 Å². The van der Waals surface area contributed by atoms with E-state index in [4.69, 9.17) is 4.98 Å². The lowest BCUT2D eigenvalue weighted by atomic mass is 9.95. The van der Waals surface area contributed by atoms with E-state index in [1.165, 1.54) is 4.90 Å². The van der Waals surface area contributed by atoms with Crippen molar-refractivity contribution in [3.8, 4) is 0 Å². The summed E-state index contributed by atoms with van der Waals surface area (Å²) in [5.74, 6) is 0.586. The molecule has 3 N–H and O–H groups in total. The van der Waals surface area contributed by atoms with Crippen molar-refractivity contribution in [1.29, 1.82) is 0 Å². The van der Waals surface area contributed by atoms with E-state index < -0.39 is 5.54 Å². The van der Waals surface area contributed by atoms with Crippen LogP contribution in [0.3, 0.4) is 0 Å². The molecule has 164 valence electrons. The van der Waals surface area contributed by atoms with Crippen molar-refractivity contribution in [3.05, 3.63) is 59.0 Å². The molecule has 3 aliphatic rings. The van der Waals surface area contributed by atoms with Gasteiger partial charge in [-0.1, -0.05) is 12.1 Å². The fraction of sp³-hybridized carbons (Fsp3) is 0.250. The fourth-order valence-corrected chi connectivity index (χ4v) is 5.66. The summed E-state index contributed by atoms with van der Waals surface area (Å²) in [5, 5.41) is 6.49. The molecule has 0 radical (unpaired) electrons. The second kappa shape index (κ2) is 6.00.